The van der Waals surface area contributed by atoms with Gasteiger partial charge in [0.05, 0.1) is 19.3 Å². The zero-order valence-corrected chi connectivity index (χ0v) is 15.1. The van der Waals surface area contributed by atoms with Gasteiger partial charge in [-0.15, -0.1) is 0 Å². The maximum atomic E-state index is 12.6. The first-order chi connectivity index (χ1) is 13.5. The summed E-state index contributed by atoms with van der Waals surface area (Å²) in [7, 11) is 1.34. The minimum absolute atomic E-state index is 0.0227. The Balaban J connectivity index is 1.94. The van der Waals surface area contributed by atoms with Crippen molar-refractivity contribution in [1.29, 1.82) is 0 Å². The molecule has 2 aromatic rings. The van der Waals surface area contributed by atoms with Gasteiger partial charge in [0.25, 0.3) is 0 Å². The Labute approximate surface area is 160 Å². The van der Waals surface area contributed by atoms with Crippen LogP contribution in [0.15, 0.2) is 53.2 Å². The van der Waals surface area contributed by atoms with Crippen molar-refractivity contribution in [2.75, 3.05) is 13.7 Å². The largest absolute Gasteiger partial charge is 0.493 e. The van der Waals surface area contributed by atoms with Crippen LogP contribution in [0.3, 0.4) is 0 Å². The number of benzene rings is 2. The van der Waals surface area contributed by atoms with E-state index in [1.54, 1.807) is 30.3 Å². The van der Waals surface area contributed by atoms with E-state index < -0.39 is 12.6 Å². The summed E-state index contributed by atoms with van der Waals surface area (Å²) in [6.07, 6.45) is 1.41. The molecule has 0 aliphatic carbocycles. The van der Waals surface area contributed by atoms with Gasteiger partial charge in [0.15, 0.2) is 17.2 Å². The quantitative estimate of drug-likeness (QED) is 0.528. The van der Waals surface area contributed by atoms with E-state index in [1.807, 2.05) is 6.92 Å². The number of cyclic esters (lactones) is 1. The van der Waals surface area contributed by atoms with Crippen molar-refractivity contribution < 1.29 is 32.5 Å². The maximum Gasteiger partial charge on any atom is 0.387 e. The highest BCUT2D eigenvalue weighted by atomic mass is 19.3. The molecule has 0 amide bonds. The van der Waals surface area contributed by atoms with Crippen molar-refractivity contribution in [3.05, 3.63) is 59.3 Å². The van der Waals surface area contributed by atoms with Gasteiger partial charge in [0, 0.05) is 0 Å². The predicted octanol–water partition coefficient (Wildman–Crippen LogP) is 4.04. The zero-order chi connectivity index (χ0) is 20.1. The van der Waals surface area contributed by atoms with Gasteiger partial charge in [-0.3, -0.25) is 0 Å². The molecule has 0 spiro atoms. The third kappa shape index (κ3) is 4.28. The predicted molar refractivity (Wildman–Crippen MR) is 97.8 cm³/mol. The monoisotopic (exact) mass is 389 g/mol. The Bertz CT molecular complexity index is 940. The van der Waals surface area contributed by atoms with E-state index in [4.69, 9.17) is 14.2 Å². The molecule has 0 saturated heterocycles. The second-order valence-electron chi connectivity index (χ2n) is 5.55. The molecule has 2 aromatic carbocycles. The number of aliphatic imine (C=N–C) groups is 1. The van der Waals surface area contributed by atoms with Crippen LogP contribution in [0.2, 0.25) is 0 Å². The number of ether oxygens (including phenoxy) is 4. The van der Waals surface area contributed by atoms with Gasteiger partial charge in [-0.25, -0.2) is 9.79 Å². The summed E-state index contributed by atoms with van der Waals surface area (Å²) in [5.41, 5.74) is 0.985. The highest BCUT2D eigenvalue weighted by molar-refractivity contribution is 6.13. The lowest BCUT2D eigenvalue weighted by Crippen LogP contribution is -2.07. The van der Waals surface area contributed by atoms with Crippen LogP contribution >= 0.6 is 0 Å². The minimum Gasteiger partial charge on any atom is -0.493 e. The number of methoxy groups -OCH3 is 1. The lowest BCUT2D eigenvalue weighted by Gasteiger charge is -2.10. The van der Waals surface area contributed by atoms with Crippen molar-refractivity contribution >= 4 is 17.9 Å². The number of rotatable bonds is 7. The molecular formula is C20H17F2NO5. The average Bonchev–Trinajstić information content (AvgIpc) is 3.02. The van der Waals surface area contributed by atoms with Gasteiger partial charge in [0.2, 0.25) is 5.90 Å². The van der Waals surface area contributed by atoms with E-state index in [-0.39, 0.29) is 23.1 Å². The molecule has 0 saturated carbocycles. The molecule has 6 nitrogen and oxygen atoms in total. The number of esters is 1. The Kier molecular flexibility index (Phi) is 5.88. The summed E-state index contributed by atoms with van der Waals surface area (Å²) in [5, 5.41) is 0. The Morgan fingerprint density at radius 1 is 1.14 bits per heavy atom. The number of halogens is 2. The highest BCUT2D eigenvalue weighted by Crippen LogP contribution is 2.31. The molecule has 0 unspecified atom stereocenters. The third-order valence-electron chi connectivity index (χ3n) is 3.74. The van der Waals surface area contributed by atoms with Gasteiger partial charge in [-0.1, -0.05) is 18.2 Å². The summed E-state index contributed by atoms with van der Waals surface area (Å²) in [4.78, 5) is 16.4. The van der Waals surface area contributed by atoms with Crippen molar-refractivity contribution in [2.45, 2.75) is 13.5 Å². The number of carbonyl (C=O) groups excluding carboxylic acids is 1. The summed E-state index contributed by atoms with van der Waals surface area (Å²) in [5.74, 6) is -0.0171. The molecule has 146 valence electrons. The molecular weight excluding hydrogens is 372 g/mol. The first kappa shape index (κ1) is 19.3. The van der Waals surface area contributed by atoms with Crippen LogP contribution in [0.1, 0.15) is 18.1 Å². The summed E-state index contributed by atoms with van der Waals surface area (Å²) >= 11 is 0. The number of hydrogen-bond donors (Lipinski definition) is 0. The third-order valence-corrected chi connectivity index (χ3v) is 3.74. The molecule has 0 fully saturated rings. The smallest absolute Gasteiger partial charge is 0.387 e. The van der Waals surface area contributed by atoms with Crippen molar-refractivity contribution in [3.8, 4) is 17.2 Å². The molecule has 1 heterocycles. The summed E-state index contributed by atoms with van der Waals surface area (Å²) in [6, 6.07) is 11.4. The molecule has 0 N–H and O–H groups in total. The first-order valence-electron chi connectivity index (χ1n) is 8.39. The van der Waals surface area contributed by atoms with E-state index in [9.17, 15) is 13.6 Å². The fourth-order valence-electron chi connectivity index (χ4n) is 2.58. The second-order valence-corrected chi connectivity index (χ2v) is 5.55. The maximum absolute atomic E-state index is 12.6. The average molecular weight is 389 g/mol. The summed E-state index contributed by atoms with van der Waals surface area (Å²) < 4.78 is 45.4. The van der Waals surface area contributed by atoms with Crippen molar-refractivity contribution in [2.24, 2.45) is 4.99 Å². The van der Waals surface area contributed by atoms with E-state index >= 15 is 0 Å². The molecule has 1 aliphatic heterocycles. The number of nitrogens with zero attached hydrogens (tertiary/aromatic N) is 1. The van der Waals surface area contributed by atoms with Crippen LogP contribution < -0.4 is 14.2 Å². The van der Waals surface area contributed by atoms with Gasteiger partial charge in [-0.2, -0.15) is 8.78 Å². The van der Waals surface area contributed by atoms with E-state index in [0.29, 0.717) is 23.5 Å². The fraction of sp³-hybridized carbons (Fsp3) is 0.200. The SMILES string of the molecule is CCOc1ccccc1C1=N/C(=C\c2ccc(OC)c(OC(F)F)c2)C(=O)O1. The number of hydrogen-bond acceptors (Lipinski definition) is 6. The van der Waals surface area contributed by atoms with Crippen LogP contribution in [0.25, 0.3) is 6.08 Å². The van der Waals surface area contributed by atoms with E-state index in [0.717, 1.165) is 0 Å². The van der Waals surface area contributed by atoms with Crippen LogP contribution in [-0.2, 0) is 9.53 Å². The highest BCUT2D eigenvalue weighted by Gasteiger charge is 2.26. The van der Waals surface area contributed by atoms with Gasteiger partial charge in [0.1, 0.15) is 5.75 Å². The van der Waals surface area contributed by atoms with Crippen LogP contribution in [-0.4, -0.2) is 32.2 Å². The summed E-state index contributed by atoms with van der Waals surface area (Å²) in [6.45, 7) is -0.722. The Morgan fingerprint density at radius 2 is 1.93 bits per heavy atom. The zero-order valence-electron chi connectivity index (χ0n) is 15.1. The molecule has 0 atom stereocenters. The molecule has 0 bridgehead atoms. The fourth-order valence-corrected chi connectivity index (χ4v) is 2.58. The Hall–Kier alpha value is -3.42. The lowest BCUT2D eigenvalue weighted by molar-refractivity contribution is -0.129. The van der Waals surface area contributed by atoms with Gasteiger partial charge < -0.3 is 18.9 Å². The van der Waals surface area contributed by atoms with E-state index in [1.165, 1.54) is 25.3 Å². The number of carbonyl (C=O) groups is 1. The molecule has 8 heteroatoms. The molecule has 1 aliphatic rings. The second kappa shape index (κ2) is 8.51. The first-order valence-corrected chi connectivity index (χ1v) is 8.39. The molecule has 0 radical (unpaired) electrons. The van der Waals surface area contributed by atoms with Crippen molar-refractivity contribution in [1.82, 2.24) is 0 Å². The number of alkyl halides is 2. The normalized spacial score (nSPS) is 14.8. The van der Waals surface area contributed by atoms with Crippen molar-refractivity contribution in [3.63, 3.8) is 0 Å². The lowest BCUT2D eigenvalue weighted by atomic mass is 10.1. The molecule has 28 heavy (non-hydrogen) atoms. The number of para-hydroxylation sites is 1. The van der Waals surface area contributed by atoms with Gasteiger partial charge in [-0.05, 0) is 42.8 Å². The minimum atomic E-state index is -3.01. The van der Waals surface area contributed by atoms with Crippen LogP contribution in [0, 0.1) is 0 Å². The van der Waals surface area contributed by atoms with Gasteiger partial charge >= 0.3 is 12.6 Å². The topological polar surface area (TPSA) is 66.3 Å². The van der Waals surface area contributed by atoms with E-state index in [2.05, 4.69) is 9.73 Å². The molecule has 0 aromatic heterocycles. The standard InChI is InChI=1S/C20H17F2NO5/c1-3-26-15-7-5-4-6-13(15)18-23-14(19(24)28-18)10-12-8-9-16(25-2)17(11-12)27-20(21)22/h4-11,20H,3H2,1-2H3/b14-10-. The van der Waals surface area contributed by atoms with Crippen LogP contribution in [0.4, 0.5) is 8.78 Å². The Morgan fingerprint density at radius 3 is 2.64 bits per heavy atom. The van der Waals surface area contributed by atoms with Crippen LogP contribution in [0.5, 0.6) is 17.2 Å². The molecule has 3 rings (SSSR count).